The minimum atomic E-state index is 0.381. The number of benzene rings is 1. The standard InChI is InChI=1S/C16H19N/c1-16(10-3-2-4-11-16)12-9-14-5-7-15(13-17)8-6-14/h5-9,12H,2-4,10-11H2,1H3/b12-9-. The summed E-state index contributed by atoms with van der Waals surface area (Å²) in [6.45, 7) is 2.35. The smallest absolute Gasteiger partial charge is 0.0991 e. The highest BCUT2D eigenvalue weighted by Gasteiger charge is 2.23. The lowest BCUT2D eigenvalue weighted by molar-refractivity contribution is 0.287. The molecule has 0 heterocycles. The van der Waals surface area contributed by atoms with E-state index in [0.717, 1.165) is 5.56 Å². The minimum absolute atomic E-state index is 0.381. The SMILES string of the molecule is CC1(/C=C\c2ccc(C#N)cc2)CCCCC1. The second-order valence-electron chi connectivity index (χ2n) is 5.28. The van der Waals surface area contributed by atoms with Gasteiger partial charge in [0.25, 0.3) is 0 Å². The van der Waals surface area contributed by atoms with Gasteiger partial charge in [0.1, 0.15) is 0 Å². The van der Waals surface area contributed by atoms with E-state index in [2.05, 4.69) is 25.1 Å². The zero-order valence-electron chi connectivity index (χ0n) is 10.4. The lowest BCUT2D eigenvalue weighted by Gasteiger charge is -2.30. The Morgan fingerprint density at radius 1 is 1.12 bits per heavy atom. The van der Waals surface area contributed by atoms with Gasteiger partial charge in [-0.25, -0.2) is 0 Å². The van der Waals surface area contributed by atoms with Gasteiger partial charge in [0.05, 0.1) is 11.6 Å². The third-order valence-electron chi connectivity index (χ3n) is 3.71. The quantitative estimate of drug-likeness (QED) is 0.724. The largest absolute Gasteiger partial charge is 0.192 e. The summed E-state index contributed by atoms with van der Waals surface area (Å²) < 4.78 is 0. The monoisotopic (exact) mass is 225 g/mol. The maximum atomic E-state index is 8.74. The van der Waals surface area contributed by atoms with E-state index in [0.29, 0.717) is 5.41 Å². The van der Waals surface area contributed by atoms with E-state index in [1.54, 1.807) is 0 Å². The molecule has 0 spiro atoms. The molecular weight excluding hydrogens is 206 g/mol. The number of nitriles is 1. The Labute approximate surface area is 104 Å². The maximum Gasteiger partial charge on any atom is 0.0991 e. The van der Waals surface area contributed by atoms with Gasteiger partial charge in [-0.05, 0) is 36.0 Å². The van der Waals surface area contributed by atoms with E-state index in [-0.39, 0.29) is 0 Å². The van der Waals surface area contributed by atoms with Gasteiger partial charge in [0, 0.05) is 0 Å². The van der Waals surface area contributed by atoms with Gasteiger partial charge in [0.15, 0.2) is 0 Å². The van der Waals surface area contributed by atoms with Crippen molar-refractivity contribution < 1.29 is 0 Å². The zero-order chi connectivity index (χ0) is 12.1. The Hall–Kier alpha value is -1.55. The van der Waals surface area contributed by atoms with Crippen molar-refractivity contribution >= 4 is 6.08 Å². The summed E-state index contributed by atoms with van der Waals surface area (Å²) in [6, 6.07) is 9.93. The fraction of sp³-hybridized carbons (Fsp3) is 0.438. The van der Waals surface area contributed by atoms with E-state index in [1.165, 1.54) is 37.7 Å². The van der Waals surface area contributed by atoms with Crippen molar-refractivity contribution in [2.75, 3.05) is 0 Å². The van der Waals surface area contributed by atoms with Crippen LogP contribution in [0.4, 0.5) is 0 Å². The number of nitrogens with zero attached hydrogens (tertiary/aromatic N) is 1. The van der Waals surface area contributed by atoms with E-state index in [1.807, 2.05) is 24.3 Å². The van der Waals surface area contributed by atoms with Gasteiger partial charge < -0.3 is 0 Å². The van der Waals surface area contributed by atoms with Crippen molar-refractivity contribution in [3.05, 3.63) is 41.5 Å². The Balaban J connectivity index is 2.06. The van der Waals surface area contributed by atoms with E-state index in [9.17, 15) is 0 Å². The lowest BCUT2D eigenvalue weighted by atomic mass is 9.75. The fourth-order valence-electron chi connectivity index (χ4n) is 2.49. The minimum Gasteiger partial charge on any atom is -0.192 e. The molecule has 1 aliphatic rings. The van der Waals surface area contributed by atoms with Crippen LogP contribution in [0.25, 0.3) is 6.08 Å². The summed E-state index contributed by atoms with van der Waals surface area (Å²) in [4.78, 5) is 0. The Kier molecular flexibility index (Phi) is 3.64. The first-order chi connectivity index (χ1) is 8.22. The van der Waals surface area contributed by atoms with Gasteiger partial charge >= 0.3 is 0 Å². The fourth-order valence-corrected chi connectivity index (χ4v) is 2.49. The summed E-state index contributed by atoms with van der Waals surface area (Å²) in [5.74, 6) is 0. The normalized spacial score (nSPS) is 19.1. The summed E-state index contributed by atoms with van der Waals surface area (Å²) >= 11 is 0. The highest BCUT2D eigenvalue weighted by molar-refractivity contribution is 5.51. The molecule has 2 rings (SSSR count). The summed E-state index contributed by atoms with van der Waals surface area (Å²) in [6.07, 6.45) is 11.3. The molecule has 1 aromatic carbocycles. The molecule has 88 valence electrons. The van der Waals surface area contributed by atoms with Crippen molar-refractivity contribution in [2.24, 2.45) is 5.41 Å². The van der Waals surface area contributed by atoms with E-state index in [4.69, 9.17) is 5.26 Å². The van der Waals surface area contributed by atoms with Gasteiger partial charge in [0.2, 0.25) is 0 Å². The van der Waals surface area contributed by atoms with Crippen LogP contribution in [-0.2, 0) is 0 Å². The number of rotatable bonds is 2. The average molecular weight is 225 g/mol. The van der Waals surface area contributed by atoms with Gasteiger partial charge in [-0.1, -0.05) is 50.5 Å². The van der Waals surface area contributed by atoms with Crippen LogP contribution in [0, 0.1) is 16.7 Å². The van der Waals surface area contributed by atoms with Crippen LogP contribution >= 0.6 is 0 Å². The number of allylic oxidation sites excluding steroid dienone is 1. The molecule has 0 aromatic heterocycles. The molecule has 1 fully saturated rings. The van der Waals surface area contributed by atoms with Gasteiger partial charge in [-0.3, -0.25) is 0 Å². The van der Waals surface area contributed by atoms with Gasteiger partial charge in [-0.15, -0.1) is 0 Å². The molecule has 1 nitrogen and oxygen atoms in total. The molecule has 0 radical (unpaired) electrons. The molecule has 0 N–H and O–H groups in total. The number of hydrogen-bond acceptors (Lipinski definition) is 1. The summed E-state index contributed by atoms with van der Waals surface area (Å²) in [5.41, 5.74) is 2.30. The predicted molar refractivity (Wildman–Crippen MR) is 71.4 cm³/mol. The molecule has 0 unspecified atom stereocenters. The van der Waals surface area contributed by atoms with E-state index < -0.39 is 0 Å². The highest BCUT2D eigenvalue weighted by Crippen LogP contribution is 2.37. The van der Waals surface area contributed by atoms with Crippen molar-refractivity contribution in [3.63, 3.8) is 0 Å². The van der Waals surface area contributed by atoms with Crippen LogP contribution in [0.3, 0.4) is 0 Å². The third kappa shape index (κ3) is 3.20. The van der Waals surface area contributed by atoms with Crippen LogP contribution in [0.15, 0.2) is 30.3 Å². The van der Waals surface area contributed by atoms with Crippen LogP contribution in [0.1, 0.15) is 50.2 Å². The predicted octanol–water partition coefficient (Wildman–Crippen LogP) is 4.54. The maximum absolute atomic E-state index is 8.74. The second kappa shape index (κ2) is 5.19. The molecule has 1 heteroatoms. The first kappa shape index (κ1) is 11.9. The molecule has 0 bridgehead atoms. The van der Waals surface area contributed by atoms with Crippen LogP contribution < -0.4 is 0 Å². The lowest BCUT2D eigenvalue weighted by Crippen LogP contribution is -2.16. The average Bonchev–Trinajstić information content (AvgIpc) is 2.38. The van der Waals surface area contributed by atoms with Gasteiger partial charge in [-0.2, -0.15) is 5.26 Å². The summed E-state index contributed by atoms with van der Waals surface area (Å²) in [7, 11) is 0. The van der Waals surface area contributed by atoms with Crippen molar-refractivity contribution in [1.29, 1.82) is 5.26 Å². The Bertz CT molecular complexity index is 428. The molecule has 0 aliphatic heterocycles. The van der Waals surface area contributed by atoms with Crippen LogP contribution in [0.5, 0.6) is 0 Å². The topological polar surface area (TPSA) is 23.8 Å². The zero-order valence-corrected chi connectivity index (χ0v) is 10.4. The first-order valence-electron chi connectivity index (χ1n) is 6.41. The third-order valence-corrected chi connectivity index (χ3v) is 3.71. The van der Waals surface area contributed by atoms with Crippen LogP contribution in [0.2, 0.25) is 0 Å². The molecule has 1 aromatic rings. The molecule has 0 saturated heterocycles. The van der Waals surface area contributed by atoms with Crippen LogP contribution in [-0.4, -0.2) is 0 Å². The highest BCUT2D eigenvalue weighted by atomic mass is 14.3. The molecule has 0 atom stereocenters. The molecular formula is C16H19N. The molecule has 17 heavy (non-hydrogen) atoms. The molecule has 1 saturated carbocycles. The molecule has 1 aliphatic carbocycles. The second-order valence-corrected chi connectivity index (χ2v) is 5.28. The van der Waals surface area contributed by atoms with Crippen molar-refractivity contribution in [2.45, 2.75) is 39.0 Å². The molecule has 0 amide bonds. The summed E-state index contributed by atoms with van der Waals surface area (Å²) in [5, 5.41) is 8.74. The first-order valence-corrected chi connectivity index (χ1v) is 6.41. The van der Waals surface area contributed by atoms with Crippen molar-refractivity contribution in [1.82, 2.24) is 0 Å². The Morgan fingerprint density at radius 2 is 1.76 bits per heavy atom. The Morgan fingerprint density at radius 3 is 2.35 bits per heavy atom. The van der Waals surface area contributed by atoms with Crippen molar-refractivity contribution in [3.8, 4) is 6.07 Å². The van der Waals surface area contributed by atoms with E-state index >= 15 is 0 Å². The number of hydrogen-bond donors (Lipinski definition) is 0.